The van der Waals surface area contributed by atoms with E-state index in [9.17, 15) is 23.5 Å². The van der Waals surface area contributed by atoms with E-state index >= 15 is 0 Å². The molecule has 2 N–H and O–H groups in total. The van der Waals surface area contributed by atoms with Gasteiger partial charge in [-0.05, 0) is 19.8 Å². The van der Waals surface area contributed by atoms with E-state index in [0.717, 1.165) is 7.11 Å². The van der Waals surface area contributed by atoms with Crippen LogP contribution in [-0.2, 0) is 14.3 Å². The zero-order chi connectivity index (χ0) is 14.0. The highest BCUT2D eigenvalue weighted by Crippen LogP contribution is 2.42. The van der Waals surface area contributed by atoms with Crippen LogP contribution in [0.2, 0.25) is 0 Å². The highest BCUT2D eigenvalue weighted by molar-refractivity contribution is 5.89. The molecule has 104 valence electrons. The van der Waals surface area contributed by atoms with Crippen LogP contribution in [0.25, 0.3) is 0 Å². The third-order valence-electron chi connectivity index (χ3n) is 3.20. The topological polar surface area (TPSA) is 75.6 Å². The van der Waals surface area contributed by atoms with Crippen molar-refractivity contribution >= 4 is 11.9 Å². The van der Waals surface area contributed by atoms with Crippen LogP contribution in [0, 0.1) is 0 Å². The number of carbonyl (C=O) groups excluding carboxylic acids is 2. The van der Waals surface area contributed by atoms with Crippen molar-refractivity contribution in [3.63, 3.8) is 0 Å². The van der Waals surface area contributed by atoms with Crippen LogP contribution >= 0.6 is 0 Å². The first-order valence-corrected chi connectivity index (χ1v) is 5.73. The SMILES string of the molecule is COC(=O)[C@H](C)NC(=O)C(F)(F)C1(O)CCCC1. The van der Waals surface area contributed by atoms with E-state index in [1.54, 1.807) is 0 Å². The monoisotopic (exact) mass is 265 g/mol. The number of alkyl halides is 2. The second-order valence-corrected chi connectivity index (χ2v) is 4.53. The Morgan fingerprint density at radius 2 is 1.89 bits per heavy atom. The number of hydrogen-bond acceptors (Lipinski definition) is 4. The van der Waals surface area contributed by atoms with Crippen LogP contribution in [0.15, 0.2) is 0 Å². The maximum atomic E-state index is 13.8. The Hall–Kier alpha value is -1.24. The van der Waals surface area contributed by atoms with Crippen molar-refractivity contribution in [2.24, 2.45) is 0 Å². The molecular weight excluding hydrogens is 248 g/mol. The third kappa shape index (κ3) is 2.60. The number of carbonyl (C=O) groups is 2. The summed E-state index contributed by atoms with van der Waals surface area (Å²) in [6.07, 6.45) is 0.651. The summed E-state index contributed by atoms with van der Waals surface area (Å²) in [7, 11) is 1.09. The van der Waals surface area contributed by atoms with E-state index in [0.29, 0.717) is 12.8 Å². The largest absolute Gasteiger partial charge is 0.467 e. The summed E-state index contributed by atoms with van der Waals surface area (Å²) in [6.45, 7) is 1.23. The number of rotatable bonds is 4. The fourth-order valence-corrected chi connectivity index (χ4v) is 2.01. The van der Waals surface area contributed by atoms with Crippen LogP contribution in [0.4, 0.5) is 8.78 Å². The fraction of sp³-hybridized carbons (Fsp3) is 0.818. The number of ether oxygens (including phenoxy) is 1. The molecule has 0 aromatic heterocycles. The van der Waals surface area contributed by atoms with Crippen molar-refractivity contribution in [1.29, 1.82) is 0 Å². The van der Waals surface area contributed by atoms with Crippen molar-refractivity contribution in [3.8, 4) is 0 Å². The maximum absolute atomic E-state index is 13.8. The lowest BCUT2D eigenvalue weighted by Gasteiger charge is -2.31. The summed E-state index contributed by atoms with van der Waals surface area (Å²) < 4.78 is 32.0. The van der Waals surface area contributed by atoms with E-state index in [2.05, 4.69) is 4.74 Å². The number of esters is 1. The molecule has 1 rings (SSSR count). The van der Waals surface area contributed by atoms with Gasteiger partial charge in [-0.3, -0.25) is 4.79 Å². The quantitative estimate of drug-likeness (QED) is 0.730. The fourth-order valence-electron chi connectivity index (χ4n) is 2.01. The van der Waals surface area contributed by atoms with Gasteiger partial charge < -0.3 is 15.2 Å². The maximum Gasteiger partial charge on any atom is 0.352 e. The smallest absolute Gasteiger partial charge is 0.352 e. The lowest BCUT2D eigenvalue weighted by Crippen LogP contribution is -2.58. The summed E-state index contributed by atoms with van der Waals surface area (Å²) in [5.74, 6) is -6.38. The van der Waals surface area contributed by atoms with Crippen LogP contribution in [-0.4, -0.2) is 41.7 Å². The van der Waals surface area contributed by atoms with E-state index in [1.807, 2.05) is 5.32 Å². The first-order chi connectivity index (χ1) is 8.24. The number of halogens is 2. The number of nitrogens with one attached hydrogen (secondary N) is 1. The highest BCUT2D eigenvalue weighted by atomic mass is 19.3. The molecule has 1 saturated carbocycles. The normalized spacial score (nSPS) is 20.3. The van der Waals surface area contributed by atoms with Gasteiger partial charge >= 0.3 is 11.9 Å². The average molecular weight is 265 g/mol. The second kappa shape index (κ2) is 5.17. The van der Waals surface area contributed by atoms with Gasteiger partial charge in [0.2, 0.25) is 0 Å². The molecule has 1 amide bonds. The molecule has 0 radical (unpaired) electrons. The Labute approximate surface area is 103 Å². The first kappa shape index (κ1) is 14.8. The Bertz CT molecular complexity index is 340. The zero-order valence-electron chi connectivity index (χ0n) is 10.3. The minimum atomic E-state index is -3.91. The van der Waals surface area contributed by atoms with Crippen molar-refractivity contribution in [1.82, 2.24) is 5.32 Å². The van der Waals surface area contributed by atoms with Crippen LogP contribution < -0.4 is 5.32 Å². The summed E-state index contributed by atoms with van der Waals surface area (Å²) in [4.78, 5) is 22.5. The summed E-state index contributed by atoms with van der Waals surface area (Å²) >= 11 is 0. The van der Waals surface area contributed by atoms with Crippen molar-refractivity contribution in [2.75, 3.05) is 7.11 Å². The number of aliphatic hydroxyl groups is 1. The predicted octanol–water partition coefficient (Wildman–Crippen LogP) is 0.604. The van der Waals surface area contributed by atoms with Crippen LogP contribution in [0.3, 0.4) is 0 Å². The molecule has 18 heavy (non-hydrogen) atoms. The summed E-state index contributed by atoms with van der Waals surface area (Å²) in [6, 6.07) is -1.18. The number of hydrogen-bond donors (Lipinski definition) is 2. The molecule has 1 aliphatic rings. The van der Waals surface area contributed by atoms with E-state index in [1.165, 1.54) is 6.92 Å². The van der Waals surface area contributed by atoms with Gasteiger partial charge in [0.1, 0.15) is 11.6 Å². The molecule has 0 aliphatic heterocycles. The molecule has 1 fully saturated rings. The molecule has 0 aromatic rings. The van der Waals surface area contributed by atoms with Crippen molar-refractivity contribution < 1.29 is 28.2 Å². The van der Waals surface area contributed by atoms with Crippen LogP contribution in [0.5, 0.6) is 0 Å². The first-order valence-electron chi connectivity index (χ1n) is 5.73. The third-order valence-corrected chi connectivity index (χ3v) is 3.20. The average Bonchev–Trinajstić information content (AvgIpc) is 2.76. The van der Waals surface area contributed by atoms with E-state index in [4.69, 9.17) is 0 Å². The van der Waals surface area contributed by atoms with E-state index < -0.39 is 29.4 Å². The lowest BCUT2D eigenvalue weighted by atomic mass is 9.93. The van der Waals surface area contributed by atoms with Crippen molar-refractivity contribution in [2.45, 2.75) is 50.2 Å². The molecule has 1 aliphatic carbocycles. The zero-order valence-corrected chi connectivity index (χ0v) is 10.3. The van der Waals surface area contributed by atoms with Gasteiger partial charge in [0.15, 0.2) is 0 Å². The molecule has 0 heterocycles. The van der Waals surface area contributed by atoms with Gasteiger partial charge in [-0.1, -0.05) is 12.8 Å². The Morgan fingerprint density at radius 1 is 1.39 bits per heavy atom. The Kier molecular flexibility index (Phi) is 4.26. The molecule has 0 saturated heterocycles. The minimum absolute atomic E-state index is 0.125. The molecule has 0 bridgehead atoms. The van der Waals surface area contributed by atoms with E-state index in [-0.39, 0.29) is 12.8 Å². The summed E-state index contributed by atoms with van der Waals surface area (Å²) in [5.41, 5.74) is -2.31. The lowest BCUT2D eigenvalue weighted by molar-refractivity contribution is -0.192. The minimum Gasteiger partial charge on any atom is -0.467 e. The van der Waals surface area contributed by atoms with Gasteiger partial charge in [-0.15, -0.1) is 0 Å². The summed E-state index contributed by atoms with van der Waals surface area (Å²) in [5, 5.41) is 11.6. The van der Waals surface area contributed by atoms with Crippen molar-refractivity contribution in [3.05, 3.63) is 0 Å². The van der Waals surface area contributed by atoms with Crippen LogP contribution in [0.1, 0.15) is 32.6 Å². The molecular formula is C11H17F2NO4. The number of methoxy groups -OCH3 is 1. The highest BCUT2D eigenvalue weighted by Gasteiger charge is 2.59. The number of amides is 1. The predicted molar refractivity (Wildman–Crippen MR) is 58.0 cm³/mol. The van der Waals surface area contributed by atoms with Gasteiger partial charge in [0, 0.05) is 0 Å². The molecule has 5 nitrogen and oxygen atoms in total. The van der Waals surface area contributed by atoms with Gasteiger partial charge in [-0.2, -0.15) is 8.78 Å². The van der Waals surface area contributed by atoms with Gasteiger partial charge in [0.25, 0.3) is 5.91 Å². The van der Waals surface area contributed by atoms with Gasteiger partial charge in [-0.25, -0.2) is 4.79 Å². The molecule has 1 atom stereocenters. The Morgan fingerprint density at radius 3 is 2.33 bits per heavy atom. The standard InChI is InChI=1S/C11H17F2NO4/c1-7(8(15)18-2)14-9(16)11(12,13)10(17)5-3-4-6-10/h7,17H,3-6H2,1-2H3,(H,14,16)/t7-/m0/s1. The second-order valence-electron chi connectivity index (χ2n) is 4.53. The molecule has 0 spiro atoms. The molecule has 0 unspecified atom stereocenters. The van der Waals surface area contributed by atoms with Gasteiger partial charge in [0.05, 0.1) is 7.11 Å². The molecule has 7 heteroatoms. The molecule has 0 aromatic carbocycles. The Balaban J connectivity index is 2.73.